The first-order chi connectivity index (χ1) is 8.79. The van der Waals surface area contributed by atoms with Crippen molar-refractivity contribution in [3.63, 3.8) is 0 Å². The third-order valence-corrected chi connectivity index (χ3v) is 3.18. The summed E-state index contributed by atoms with van der Waals surface area (Å²) in [5.74, 6) is 0.548. The number of hydrogen-bond acceptors (Lipinski definition) is 4. The maximum Gasteiger partial charge on any atom is 0.214 e. The molecule has 1 saturated carbocycles. The van der Waals surface area contributed by atoms with Crippen LogP contribution in [-0.4, -0.2) is 22.1 Å². The largest absolute Gasteiger partial charge is 0.474 e. The molecule has 5 heteroatoms. The Hall–Kier alpha value is -1.78. The monoisotopic (exact) mass is 249 g/mol. The molecule has 5 nitrogen and oxygen atoms in total. The van der Waals surface area contributed by atoms with Gasteiger partial charge in [-0.2, -0.15) is 0 Å². The minimum Gasteiger partial charge on any atom is -0.474 e. The minimum atomic E-state index is 0.00122. The zero-order valence-corrected chi connectivity index (χ0v) is 10.4. The van der Waals surface area contributed by atoms with Crippen LogP contribution in [0.4, 0.5) is 0 Å². The minimum absolute atomic E-state index is 0.00122. The molecule has 0 spiro atoms. The number of amidine groups is 1. The fraction of sp³-hybridized carbons (Fsp3) is 0.538. The van der Waals surface area contributed by atoms with E-state index in [1.807, 2.05) is 0 Å². The van der Waals surface area contributed by atoms with Gasteiger partial charge in [-0.25, -0.2) is 4.98 Å². The SMILES string of the molecule is NC(=NO)c1cccc(OC2CCCCCC2)n1. The molecule has 1 aliphatic rings. The number of nitrogens with zero attached hydrogens (tertiary/aromatic N) is 2. The molecule has 0 amide bonds. The summed E-state index contributed by atoms with van der Waals surface area (Å²) in [6.07, 6.45) is 7.40. The second-order valence-electron chi connectivity index (χ2n) is 4.58. The number of pyridine rings is 1. The van der Waals surface area contributed by atoms with Crippen LogP contribution in [0.25, 0.3) is 0 Å². The average Bonchev–Trinajstić information content (AvgIpc) is 2.67. The van der Waals surface area contributed by atoms with Crippen molar-refractivity contribution in [2.45, 2.75) is 44.6 Å². The fourth-order valence-corrected chi connectivity index (χ4v) is 2.20. The van der Waals surface area contributed by atoms with Crippen molar-refractivity contribution in [2.75, 3.05) is 0 Å². The van der Waals surface area contributed by atoms with E-state index in [0.29, 0.717) is 11.6 Å². The van der Waals surface area contributed by atoms with E-state index in [1.54, 1.807) is 18.2 Å². The third-order valence-electron chi connectivity index (χ3n) is 3.18. The van der Waals surface area contributed by atoms with E-state index >= 15 is 0 Å². The van der Waals surface area contributed by atoms with E-state index in [-0.39, 0.29) is 11.9 Å². The lowest BCUT2D eigenvalue weighted by Crippen LogP contribution is -2.18. The highest BCUT2D eigenvalue weighted by Gasteiger charge is 2.14. The van der Waals surface area contributed by atoms with Crippen molar-refractivity contribution in [1.29, 1.82) is 0 Å². The van der Waals surface area contributed by atoms with E-state index in [4.69, 9.17) is 15.7 Å². The van der Waals surface area contributed by atoms with Gasteiger partial charge in [0.2, 0.25) is 5.88 Å². The first kappa shape index (κ1) is 12.7. The van der Waals surface area contributed by atoms with Gasteiger partial charge in [0.05, 0.1) is 0 Å². The Morgan fingerprint density at radius 2 is 2.00 bits per heavy atom. The molecule has 1 aromatic heterocycles. The first-order valence-electron chi connectivity index (χ1n) is 6.41. The summed E-state index contributed by atoms with van der Waals surface area (Å²) >= 11 is 0. The Morgan fingerprint density at radius 3 is 2.67 bits per heavy atom. The lowest BCUT2D eigenvalue weighted by atomic mass is 10.1. The van der Waals surface area contributed by atoms with Gasteiger partial charge >= 0.3 is 0 Å². The molecule has 0 radical (unpaired) electrons. The van der Waals surface area contributed by atoms with E-state index in [1.165, 1.54) is 25.7 Å². The highest BCUT2D eigenvalue weighted by atomic mass is 16.5. The van der Waals surface area contributed by atoms with Crippen LogP contribution < -0.4 is 10.5 Å². The molecule has 0 aromatic carbocycles. The molecule has 1 heterocycles. The van der Waals surface area contributed by atoms with Crippen molar-refractivity contribution in [2.24, 2.45) is 10.9 Å². The summed E-state index contributed by atoms with van der Waals surface area (Å²) in [5, 5.41) is 11.6. The van der Waals surface area contributed by atoms with Gasteiger partial charge in [0.1, 0.15) is 11.8 Å². The predicted octanol–water partition coefficient (Wildman–Crippen LogP) is 2.28. The van der Waals surface area contributed by atoms with Gasteiger partial charge in [-0.3, -0.25) is 0 Å². The molecule has 1 aromatic rings. The van der Waals surface area contributed by atoms with Gasteiger partial charge in [-0.05, 0) is 31.7 Å². The molecule has 1 aliphatic carbocycles. The molecule has 18 heavy (non-hydrogen) atoms. The average molecular weight is 249 g/mol. The topological polar surface area (TPSA) is 80.7 Å². The molecule has 3 N–H and O–H groups in total. The number of ether oxygens (including phenoxy) is 1. The van der Waals surface area contributed by atoms with Crippen LogP contribution in [-0.2, 0) is 0 Å². The second kappa shape index (κ2) is 6.23. The predicted molar refractivity (Wildman–Crippen MR) is 68.9 cm³/mol. The summed E-state index contributed by atoms with van der Waals surface area (Å²) in [6, 6.07) is 5.29. The number of aromatic nitrogens is 1. The lowest BCUT2D eigenvalue weighted by molar-refractivity contribution is 0.176. The van der Waals surface area contributed by atoms with Crippen LogP contribution >= 0.6 is 0 Å². The van der Waals surface area contributed by atoms with Crippen LogP contribution in [0.3, 0.4) is 0 Å². The molecule has 2 rings (SSSR count). The second-order valence-corrected chi connectivity index (χ2v) is 4.58. The highest BCUT2D eigenvalue weighted by molar-refractivity contribution is 5.95. The normalized spacial score (nSPS) is 18.3. The lowest BCUT2D eigenvalue weighted by Gasteiger charge is -2.16. The van der Waals surface area contributed by atoms with Crippen LogP contribution in [0.15, 0.2) is 23.4 Å². The Balaban J connectivity index is 2.04. The van der Waals surface area contributed by atoms with Gasteiger partial charge in [-0.1, -0.05) is 24.1 Å². The Labute approximate surface area is 107 Å². The fourth-order valence-electron chi connectivity index (χ4n) is 2.20. The summed E-state index contributed by atoms with van der Waals surface area (Å²) in [7, 11) is 0. The van der Waals surface area contributed by atoms with E-state index in [9.17, 15) is 0 Å². The first-order valence-corrected chi connectivity index (χ1v) is 6.41. The van der Waals surface area contributed by atoms with Crippen molar-refractivity contribution in [3.05, 3.63) is 23.9 Å². The van der Waals surface area contributed by atoms with Crippen LogP contribution in [0, 0.1) is 0 Å². The molecule has 0 saturated heterocycles. The van der Waals surface area contributed by atoms with Gasteiger partial charge < -0.3 is 15.7 Å². The van der Waals surface area contributed by atoms with Crippen LogP contribution in [0.2, 0.25) is 0 Å². The van der Waals surface area contributed by atoms with Gasteiger partial charge in [0, 0.05) is 6.07 Å². The standard InChI is InChI=1S/C13H19N3O2/c14-13(16-17)11-8-5-9-12(15-11)18-10-6-3-1-2-4-7-10/h5,8-10,17H,1-4,6-7H2,(H2,14,16). The quantitative estimate of drug-likeness (QED) is 0.283. The molecule has 0 aliphatic heterocycles. The van der Waals surface area contributed by atoms with Crippen LogP contribution in [0.5, 0.6) is 5.88 Å². The molecule has 0 atom stereocenters. The van der Waals surface area contributed by atoms with Crippen molar-refractivity contribution < 1.29 is 9.94 Å². The van der Waals surface area contributed by atoms with Crippen LogP contribution in [0.1, 0.15) is 44.2 Å². The van der Waals surface area contributed by atoms with E-state index in [0.717, 1.165) is 12.8 Å². The number of nitrogens with two attached hydrogens (primary N) is 1. The molecule has 0 unspecified atom stereocenters. The molecule has 0 bridgehead atoms. The van der Waals surface area contributed by atoms with Gasteiger partial charge in [0.25, 0.3) is 0 Å². The zero-order chi connectivity index (χ0) is 12.8. The Bertz CT molecular complexity index is 412. The molecule has 98 valence electrons. The highest BCUT2D eigenvalue weighted by Crippen LogP contribution is 2.21. The van der Waals surface area contributed by atoms with Gasteiger partial charge in [-0.15, -0.1) is 0 Å². The van der Waals surface area contributed by atoms with E-state index < -0.39 is 0 Å². The number of hydrogen-bond donors (Lipinski definition) is 2. The number of oxime groups is 1. The van der Waals surface area contributed by atoms with Crippen molar-refractivity contribution in [1.82, 2.24) is 4.98 Å². The smallest absolute Gasteiger partial charge is 0.214 e. The third kappa shape index (κ3) is 3.35. The van der Waals surface area contributed by atoms with Gasteiger partial charge in [0.15, 0.2) is 5.84 Å². The summed E-state index contributed by atoms with van der Waals surface area (Å²) in [6.45, 7) is 0. The maximum absolute atomic E-state index is 8.62. The zero-order valence-electron chi connectivity index (χ0n) is 10.4. The summed E-state index contributed by atoms with van der Waals surface area (Å²) in [5.41, 5.74) is 5.94. The Kier molecular flexibility index (Phi) is 4.39. The molecule has 1 fully saturated rings. The summed E-state index contributed by atoms with van der Waals surface area (Å²) < 4.78 is 5.87. The Morgan fingerprint density at radius 1 is 1.28 bits per heavy atom. The number of rotatable bonds is 3. The van der Waals surface area contributed by atoms with Crippen molar-refractivity contribution >= 4 is 5.84 Å². The summed E-state index contributed by atoms with van der Waals surface area (Å²) in [4.78, 5) is 4.23. The van der Waals surface area contributed by atoms with Crippen molar-refractivity contribution in [3.8, 4) is 5.88 Å². The van der Waals surface area contributed by atoms with E-state index in [2.05, 4.69) is 10.1 Å². The molecular formula is C13H19N3O2. The maximum atomic E-state index is 8.62. The molecular weight excluding hydrogens is 230 g/mol.